The lowest BCUT2D eigenvalue weighted by atomic mass is 10.0. The van der Waals surface area contributed by atoms with Crippen LogP contribution in [0.3, 0.4) is 0 Å². The van der Waals surface area contributed by atoms with E-state index in [0.29, 0.717) is 0 Å². The van der Waals surface area contributed by atoms with Crippen molar-refractivity contribution in [3.05, 3.63) is 0 Å². The van der Waals surface area contributed by atoms with Crippen molar-refractivity contribution in [1.29, 1.82) is 0 Å². The monoisotopic (exact) mass is 300 g/mol. The molecule has 0 spiro atoms. The van der Waals surface area contributed by atoms with Crippen molar-refractivity contribution in [2.75, 3.05) is 74.0 Å². The quantitative estimate of drug-likeness (QED) is 0.772. The highest BCUT2D eigenvalue weighted by molar-refractivity contribution is 4.81. The van der Waals surface area contributed by atoms with E-state index in [1.54, 1.807) is 0 Å². The van der Waals surface area contributed by atoms with Crippen molar-refractivity contribution in [3.63, 3.8) is 0 Å². The summed E-state index contributed by atoms with van der Waals surface area (Å²) >= 11 is 0. The first-order valence-electron chi connectivity index (χ1n) is 8.78. The molecule has 128 valence electrons. The van der Waals surface area contributed by atoms with Crippen LogP contribution in [0.5, 0.6) is 0 Å². The molecule has 2 rings (SSSR count). The summed E-state index contributed by atoms with van der Waals surface area (Å²) in [7, 11) is 8.58. The Hall–Kier alpha value is -0.160. The van der Waals surface area contributed by atoms with Gasteiger partial charge in [-0.3, -0.25) is 4.90 Å². The van der Waals surface area contributed by atoms with Gasteiger partial charge in [-0.25, -0.2) is 0 Å². The Labute approximate surface area is 134 Å². The van der Waals surface area contributed by atoms with Gasteiger partial charge in [-0.15, -0.1) is 0 Å². The highest BCUT2D eigenvalue weighted by atomic mass is 15.3. The topological polar surface area (TPSA) is 13.0 Å². The third-order valence-electron chi connectivity index (χ3n) is 4.37. The van der Waals surface area contributed by atoms with Gasteiger partial charge in [0.2, 0.25) is 0 Å². The molecule has 0 aromatic rings. The molecule has 0 amide bonds. The van der Waals surface area contributed by atoms with Crippen LogP contribution in [0, 0.1) is 0 Å². The van der Waals surface area contributed by atoms with E-state index in [1.165, 1.54) is 52.1 Å². The molecule has 0 unspecified atom stereocenters. The van der Waals surface area contributed by atoms with Crippen molar-refractivity contribution in [2.45, 2.75) is 39.7 Å². The number of piperazine rings is 1. The standard InChI is InChI=1S/C11H23N3.C4H11N.C2H6/c1-12-5-3-11(4-6-12)14-9-7-13(2)8-10-14;1-4-5(2)3;1-2/h11H,3-10H2,1-2H3;4H2,1-3H3;1-2H3. The normalized spacial score (nSPS) is 22.3. The first kappa shape index (κ1) is 20.8. The Kier molecular flexibility index (Phi) is 12.3. The van der Waals surface area contributed by atoms with Crippen LogP contribution < -0.4 is 0 Å². The zero-order chi connectivity index (χ0) is 16.3. The maximum atomic E-state index is 2.70. The Morgan fingerprint density at radius 1 is 0.810 bits per heavy atom. The molecule has 0 aromatic heterocycles. The van der Waals surface area contributed by atoms with Crippen LogP contribution in [0.25, 0.3) is 0 Å². The lowest BCUT2D eigenvalue weighted by Crippen LogP contribution is -2.51. The third-order valence-corrected chi connectivity index (χ3v) is 4.37. The highest BCUT2D eigenvalue weighted by Crippen LogP contribution is 2.16. The molecular formula is C17H40N4. The average Bonchev–Trinajstić information content (AvgIpc) is 2.51. The third kappa shape index (κ3) is 9.46. The molecule has 0 radical (unpaired) electrons. The number of hydrogen-bond acceptors (Lipinski definition) is 4. The molecule has 2 saturated heterocycles. The summed E-state index contributed by atoms with van der Waals surface area (Å²) in [6.45, 7) is 14.9. The number of nitrogens with zero attached hydrogens (tertiary/aromatic N) is 4. The molecule has 2 aliphatic rings. The van der Waals surface area contributed by atoms with E-state index in [-0.39, 0.29) is 0 Å². The van der Waals surface area contributed by atoms with Crippen LogP contribution >= 0.6 is 0 Å². The fraction of sp³-hybridized carbons (Fsp3) is 1.00. The largest absolute Gasteiger partial charge is 0.310 e. The molecule has 0 aromatic carbocycles. The molecule has 21 heavy (non-hydrogen) atoms. The predicted octanol–water partition coefficient (Wildman–Crippen LogP) is 1.92. The minimum absolute atomic E-state index is 0.875. The van der Waals surface area contributed by atoms with Gasteiger partial charge in [0.1, 0.15) is 0 Å². The number of hydrogen-bond donors (Lipinski definition) is 0. The van der Waals surface area contributed by atoms with Crippen molar-refractivity contribution in [1.82, 2.24) is 19.6 Å². The van der Waals surface area contributed by atoms with E-state index in [0.717, 1.165) is 12.6 Å². The zero-order valence-electron chi connectivity index (χ0n) is 15.7. The molecule has 2 heterocycles. The average molecular weight is 301 g/mol. The summed E-state index contributed by atoms with van der Waals surface area (Å²) < 4.78 is 0. The second-order valence-electron chi connectivity index (χ2n) is 6.27. The van der Waals surface area contributed by atoms with Gasteiger partial charge in [-0.2, -0.15) is 0 Å². The number of likely N-dealkylation sites (N-methyl/N-ethyl adjacent to an activating group) is 1. The lowest BCUT2D eigenvalue weighted by Gasteiger charge is -2.41. The van der Waals surface area contributed by atoms with Crippen LogP contribution in [0.15, 0.2) is 0 Å². The van der Waals surface area contributed by atoms with Gasteiger partial charge in [0, 0.05) is 32.2 Å². The number of rotatable bonds is 2. The molecule has 4 nitrogen and oxygen atoms in total. The van der Waals surface area contributed by atoms with Gasteiger partial charge < -0.3 is 14.7 Å². The van der Waals surface area contributed by atoms with Gasteiger partial charge in [0.25, 0.3) is 0 Å². The summed E-state index contributed by atoms with van der Waals surface area (Å²) in [6.07, 6.45) is 2.75. The van der Waals surface area contributed by atoms with Gasteiger partial charge in [0.15, 0.2) is 0 Å². The number of likely N-dealkylation sites (tertiary alicyclic amines) is 1. The SMILES string of the molecule is CC.CCN(C)C.CN1CCC(N2CCN(C)CC2)CC1. The summed E-state index contributed by atoms with van der Waals surface area (Å²) in [5.74, 6) is 0. The zero-order valence-corrected chi connectivity index (χ0v) is 15.7. The molecule has 0 atom stereocenters. The Bertz CT molecular complexity index is 197. The lowest BCUT2D eigenvalue weighted by molar-refractivity contribution is 0.0742. The maximum absolute atomic E-state index is 2.70. The van der Waals surface area contributed by atoms with E-state index >= 15 is 0 Å². The van der Waals surface area contributed by atoms with Gasteiger partial charge in [-0.05, 0) is 60.7 Å². The summed E-state index contributed by atoms with van der Waals surface area (Å²) in [5.41, 5.74) is 0. The molecule has 0 N–H and O–H groups in total. The molecule has 0 aliphatic carbocycles. The second kappa shape index (κ2) is 12.4. The molecule has 0 bridgehead atoms. The van der Waals surface area contributed by atoms with Crippen LogP contribution in [0.1, 0.15) is 33.6 Å². The Morgan fingerprint density at radius 2 is 1.19 bits per heavy atom. The van der Waals surface area contributed by atoms with Crippen molar-refractivity contribution in [3.8, 4) is 0 Å². The minimum Gasteiger partial charge on any atom is -0.310 e. The van der Waals surface area contributed by atoms with E-state index in [9.17, 15) is 0 Å². The molecule has 2 aliphatic heterocycles. The van der Waals surface area contributed by atoms with E-state index < -0.39 is 0 Å². The van der Waals surface area contributed by atoms with Crippen molar-refractivity contribution in [2.24, 2.45) is 0 Å². The van der Waals surface area contributed by atoms with Crippen LogP contribution in [0.4, 0.5) is 0 Å². The molecule has 0 saturated carbocycles. The van der Waals surface area contributed by atoms with Crippen molar-refractivity contribution >= 4 is 0 Å². The molecular weight excluding hydrogens is 260 g/mol. The van der Waals surface area contributed by atoms with Gasteiger partial charge >= 0.3 is 0 Å². The van der Waals surface area contributed by atoms with Crippen LogP contribution in [-0.4, -0.2) is 99.6 Å². The summed E-state index contributed by atoms with van der Waals surface area (Å²) in [6, 6.07) is 0.875. The minimum atomic E-state index is 0.875. The smallest absolute Gasteiger partial charge is 0.0121 e. The van der Waals surface area contributed by atoms with Gasteiger partial charge in [0.05, 0.1) is 0 Å². The molecule has 4 heteroatoms. The molecule has 2 fully saturated rings. The van der Waals surface area contributed by atoms with E-state index in [1.807, 2.05) is 13.8 Å². The van der Waals surface area contributed by atoms with E-state index in [2.05, 4.69) is 54.7 Å². The first-order valence-corrected chi connectivity index (χ1v) is 8.78. The second-order valence-corrected chi connectivity index (χ2v) is 6.27. The van der Waals surface area contributed by atoms with E-state index in [4.69, 9.17) is 0 Å². The summed E-state index contributed by atoms with van der Waals surface area (Å²) in [4.78, 5) is 9.71. The van der Waals surface area contributed by atoms with Crippen molar-refractivity contribution < 1.29 is 0 Å². The fourth-order valence-corrected chi connectivity index (χ4v) is 2.55. The highest BCUT2D eigenvalue weighted by Gasteiger charge is 2.25. The Morgan fingerprint density at radius 3 is 1.57 bits per heavy atom. The first-order chi connectivity index (χ1) is 10.0. The van der Waals surface area contributed by atoms with Crippen LogP contribution in [0.2, 0.25) is 0 Å². The Balaban J connectivity index is 0.000000489. The summed E-state index contributed by atoms with van der Waals surface area (Å²) in [5, 5.41) is 0. The van der Waals surface area contributed by atoms with Gasteiger partial charge in [-0.1, -0.05) is 20.8 Å². The number of piperidine rings is 1. The fourth-order valence-electron chi connectivity index (χ4n) is 2.55. The predicted molar refractivity (Wildman–Crippen MR) is 95.2 cm³/mol. The van der Waals surface area contributed by atoms with Crippen LogP contribution in [-0.2, 0) is 0 Å². The maximum Gasteiger partial charge on any atom is 0.0121 e.